The molecule has 2 fully saturated rings. The Morgan fingerprint density at radius 1 is 1.05 bits per heavy atom. The van der Waals surface area contributed by atoms with Gasteiger partial charge in [0, 0.05) is 13.1 Å². The van der Waals surface area contributed by atoms with E-state index in [1.165, 1.54) is 19.3 Å². The smallest absolute Gasteiger partial charge is 0.322 e. The summed E-state index contributed by atoms with van der Waals surface area (Å²) in [5.41, 5.74) is 0. The van der Waals surface area contributed by atoms with E-state index in [1.54, 1.807) is 0 Å². The average Bonchev–Trinajstić information content (AvgIpc) is 2.49. The third-order valence-electron chi connectivity index (χ3n) is 3.69. The van der Waals surface area contributed by atoms with Crippen molar-refractivity contribution in [1.29, 1.82) is 0 Å². The highest BCUT2D eigenvalue weighted by Crippen LogP contribution is 2.23. The number of nitrogens with zero attached hydrogens (tertiary/aromatic N) is 4. The second kappa shape index (κ2) is 6.54. The van der Waals surface area contributed by atoms with Crippen molar-refractivity contribution in [2.75, 3.05) is 31.2 Å². The van der Waals surface area contributed by atoms with E-state index in [-0.39, 0.29) is 11.4 Å². The Balaban J connectivity index is 1.71. The summed E-state index contributed by atoms with van der Waals surface area (Å²) in [6.45, 7) is 2.90. The van der Waals surface area contributed by atoms with E-state index in [4.69, 9.17) is 21.1 Å². The normalized spacial score (nSPS) is 20.9. The van der Waals surface area contributed by atoms with E-state index in [9.17, 15) is 0 Å². The molecule has 1 aromatic heterocycles. The molecule has 2 aliphatic rings. The Morgan fingerprint density at radius 2 is 1.80 bits per heavy atom. The molecule has 0 unspecified atom stereocenters. The van der Waals surface area contributed by atoms with Gasteiger partial charge in [-0.15, -0.1) is 0 Å². The first-order valence-corrected chi connectivity index (χ1v) is 7.60. The fourth-order valence-corrected chi connectivity index (χ4v) is 2.76. The van der Waals surface area contributed by atoms with Crippen LogP contribution in [0.25, 0.3) is 0 Å². The highest BCUT2D eigenvalue weighted by atomic mass is 35.5. The molecule has 1 aliphatic carbocycles. The van der Waals surface area contributed by atoms with Crippen molar-refractivity contribution in [3.63, 3.8) is 0 Å². The molecule has 7 heteroatoms. The van der Waals surface area contributed by atoms with E-state index in [2.05, 4.69) is 15.0 Å². The Kier molecular flexibility index (Phi) is 4.52. The highest BCUT2D eigenvalue weighted by Gasteiger charge is 2.20. The molecule has 1 aliphatic heterocycles. The zero-order valence-electron chi connectivity index (χ0n) is 11.4. The first kappa shape index (κ1) is 13.8. The predicted molar refractivity (Wildman–Crippen MR) is 75.4 cm³/mol. The van der Waals surface area contributed by atoms with E-state index in [0.717, 1.165) is 25.9 Å². The lowest BCUT2D eigenvalue weighted by atomic mass is 9.98. The number of halogens is 1. The van der Waals surface area contributed by atoms with Crippen LogP contribution >= 0.6 is 11.6 Å². The van der Waals surface area contributed by atoms with E-state index >= 15 is 0 Å². The van der Waals surface area contributed by atoms with Gasteiger partial charge >= 0.3 is 6.01 Å². The molecule has 0 aromatic carbocycles. The van der Waals surface area contributed by atoms with Crippen molar-refractivity contribution in [2.24, 2.45) is 0 Å². The van der Waals surface area contributed by atoms with Crippen molar-refractivity contribution in [1.82, 2.24) is 15.0 Å². The fraction of sp³-hybridized carbons (Fsp3) is 0.769. The average molecular weight is 299 g/mol. The molecule has 20 heavy (non-hydrogen) atoms. The van der Waals surface area contributed by atoms with E-state index < -0.39 is 0 Å². The van der Waals surface area contributed by atoms with Crippen LogP contribution in [0.4, 0.5) is 5.95 Å². The Labute approximate surface area is 123 Å². The van der Waals surface area contributed by atoms with Crippen LogP contribution in [-0.2, 0) is 4.74 Å². The van der Waals surface area contributed by atoms with Crippen LogP contribution in [0.3, 0.4) is 0 Å². The van der Waals surface area contributed by atoms with Gasteiger partial charge in [-0.2, -0.15) is 15.0 Å². The van der Waals surface area contributed by atoms with Crippen molar-refractivity contribution < 1.29 is 9.47 Å². The third-order valence-corrected chi connectivity index (χ3v) is 3.86. The lowest BCUT2D eigenvalue weighted by Gasteiger charge is -2.27. The summed E-state index contributed by atoms with van der Waals surface area (Å²) in [6.07, 6.45) is 6.04. The summed E-state index contributed by atoms with van der Waals surface area (Å²) in [6, 6.07) is 0.346. The molecule has 2 heterocycles. The zero-order chi connectivity index (χ0) is 13.8. The molecule has 1 saturated heterocycles. The first-order valence-electron chi connectivity index (χ1n) is 7.22. The van der Waals surface area contributed by atoms with Gasteiger partial charge in [0.25, 0.3) is 0 Å². The molecule has 0 radical (unpaired) electrons. The number of anilines is 1. The van der Waals surface area contributed by atoms with Crippen LogP contribution in [0, 0.1) is 0 Å². The number of hydrogen-bond acceptors (Lipinski definition) is 6. The van der Waals surface area contributed by atoms with Gasteiger partial charge in [0.15, 0.2) is 0 Å². The molecular formula is C13H19ClN4O2. The largest absolute Gasteiger partial charge is 0.460 e. The number of ether oxygens (including phenoxy) is 2. The van der Waals surface area contributed by atoms with Gasteiger partial charge in [-0.1, -0.05) is 6.42 Å². The lowest BCUT2D eigenvalue weighted by Crippen LogP contribution is -2.37. The molecule has 6 nitrogen and oxygen atoms in total. The van der Waals surface area contributed by atoms with Crippen LogP contribution in [0.15, 0.2) is 0 Å². The van der Waals surface area contributed by atoms with Gasteiger partial charge in [0.1, 0.15) is 6.10 Å². The topological polar surface area (TPSA) is 60.4 Å². The van der Waals surface area contributed by atoms with Crippen molar-refractivity contribution in [3.8, 4) is 6.01 Å². The quantitative estimate of drug-likeness (QED) is 0.851. The van der Waals surface area contributed by atoms with Gasteiger partial charge < -0.3 is 14.4 Å². The molecule has 0 amide bonds. The zero-order valence-corrected chi connectivity index (χ0v) is 12.2. The minimum Gasteiger partial charge on any atom is -0.460 e. The second-order valence-electron chi connectivity index (χ2n) is 5.16. The van der Waals surface area contributed by atoms with Crippen molar-refractivity contribution in [3.05, 3.63) is 5.28 Å². The van der Waals surface area contributed by atoms with Crippen molar-refractivity contribution >= 4 is 17.5 Å². The second-order valence-corrected chi connectivity index (χ2v) is 5.50. The Morgan fingerprint density at radius 3 is 2.55 bits per heavy atom. The third kappa shape index (κ3) is 3.49. The maximum Gasteiger partial charge on any atom is 0.322 e. The van der Waals surface area contributed by atoms with Gasteiger partial charge in [0.05, 0.1) is 13.2 Å². The summed E-state index contributed by atoms with van der Waals surface area (Å²) < 4.78 is 11.2. The Bertz CT molecular complexity index is 448. The molecular weight excluding hydrogens is 280 g/mol. The molecule has 0 atom stereocenters. The lowest BCUT2D eigenvalue weighted by molar-refractivity contribution is 0.121. The van der Waals surface area contributed by atoms with Crippen LogP contribution in [0.2, 0.25) is 5.28 Å². The maximum absolute atomic E-state index is 5.99. The number of morpholine rings is 1. The minimum atomic E-state index is 0.187. The number of hydrogen-bond donors (Lipinski definition) is 0. The number of rotatable bonds is 3. The molecule has 0 N–H and O–H groups in total. The SMILES string of the molecule is Clc1nc(OC2CCCCC2)nc(N2CCOCC2)n1. The molecule has 0 spiro atoms. The first-order chi connectivity index (χ1) is 9.81. The molecule has 0 bridgehead atoms. The van der Waals surface area contributed by atoms with Gasteiger partial charge in [-0.3, -0.25) is 0 Å². The minimum absolute atomic E-state index is 0.187. The fourth-order valence-electron chi connectivity index (χ4n) is 2.61. The summed E-state index contributed by atoms with van der Waals surface area (Å²) in [7, 11) is 0. The summed E-state index contributed by atoms with van der Waals surface area (Å²) >= 11 is 5.99. The monoisotopic (exact) mass is 298 g/mol. The Hall–Kier alpha value is -1.14. The van der Waals surface area contributed by atoms with E-state index in [0.29, 0.717) is 25.2 Å². The van der Waals surface area contributed by atoms with Crippen LogP contribution in [-0.4, -0.2) is 47.4 Å². The summed E-state index contributed by atoms with van der Waals surface area (Å²) in [5.74, 6) is 0.583. The van der Waals surface area contributed by atoms with Crippen LogP contribution in [0.5, 0.6) is 6.01 Å². The summed E-state index contributed by atoms with van der Waals surface area (Å²) in [5, 5.41) is 0.187. The van der Waals surface area contributed by atoms with Gasteiger partial charge in [-0.05, 0) is 37.3 Å². The number of aromatic nitrogens is 3. The summed E-state index contributed by atoms with van der Waals surface area (Å²) in [4.78, 5) is 14.7. The maximum atomic E-state index is 5.99. The molecule has 3 rings (SSSR count). The van der Waals surface area contributed by atoms with Crippen LogP contribution < -0.4 is 9.64 Å². The van der Waals surface area contributed by atoms with Gasteiger partial charge in [-0.25, -0.2) is 0 Å². The highest BCUT2D eigenvalue weighted by molar-refractivity contribution is 6.28. The standard InChI is InChI=1S/C13H19ClN4O2/c14-11-15-12(18-6-8-19-9-7-18)17-13(16-11)20-10-4-2-1-3-5-10/h10H,1-9H2. The molecule has 1 aromatic rings. The molecule has 110 valence electrons. The van der Waals surface area contributed by atoms with Crippen molar-refractivity contribution in [2.45, 2.75) is 38.2 Å². The predicted octanol–water partition coefficient (Wildman–Crippen LogP) is 2.07. The van der Waals surface area contributed by atoms with E-state index in [1.807, 2.05) is 4.90 Å². The molecule has 1 saturated carbocycles. The van der Waals surface area contributed by atoms with Gasteiger partial charge in [0.2, 0.25) is 11.2 Å². The van der Waals surface area contributed by atoms with Crippen LogP contribution in [0.1, 0.15) is 32.1 Å².